The monoisotopic (exact) mass is 476 g/mol. The zero-order valence-electron chi connectivity index (χ0n) is 20.1. The summed E-state index contributed by atoms with van der Waals surface area (Å²) in [5.74, 6) is 1.66. The molecule has 7 heteroatoms. The summed E-state index contributed by atoms with van der Waals surface area (Å²) in [6.45, 7) is 0. The van der Waals surface area contributed by atoms with Gasteiger partial charge in [0.15, 0.2) is 11.5 Å². The zero-order chi connectivity index (χ0) is 24.6. The normalized spacial score (nSPS) is 12.1. The van der Waals surface area contributed by atoms with Gasteiger partial charge >= 0.3 is 0 Å². The molecule has 2 aliphatic heterocycles. The topological polar surface area (TPSA) is 85.1 Å². The number of aromatic nitrogens is 4. The Kier molecular flexibility index (Phi) is 5.30. The summed E-state index contributed by atoms with van der Waals surface area (Å²) in [7, 11) is 4.82. The molecule has 6 rings (SSSR count). The van der Waals surface area contributed by atoms with Crippen molar-refractivity contribution in [1.82, 2.24) is 19.9 Å². The van der Waals surface area contributed by atoms with Crippen LogP contribution in [0.2, 0.25) is 0 Å². The van der Waals surface area contributed by atoms with Gasteiger partial charge in [0.2, 0.25) is 5.75 Å². The minimum absolute atomic E-state index is 0.517. The second kappa shape index (κ2) is 8.78. The maximum Gasteiger partial charge on any atom is 0.203 e. The smallest absolute Gasteiger partial charge is 0.203 e. The number of nitrogens with one attached hydrogen (secondary N) is 2. The van der Waals surface area contributed by atoms with Crippen molar-refractivity contribution in [3.05, 3.63) is 77.4 Å². The molecule has 0 aliphatic carbocycles. The quantitative estimate of drug-likeness (QED) is 0.310. The Balaban J connectivity index is 1.72. The molecular weight excluding hydrogens is 452 g/mol. The Bertz CT molecular complexity index is 1620. The van der Waals surface area contributed by atoms with E-state index < -0.39 is 0 Å². The average Bonchev–Trinajstić information content (AvgIpc) is 3.69. The third-order valence-electron chi connectivity index (χ3n) is 6.19. The molecule has 0 amide bonds. The number of nitrogens with zero attached hydrogens (tertiary/aromatic N) is 2. The van der Waals surface area contributed by atoms with Crippen LogP contribution in [0, 0.1) is 0 Å². The average molecular weight is 477 g/mol. The number of benzene rings is 1. The molecule has 36 heavy (non-hydrogen) atoms. The largest absolute Gasteiger partial charge is 0.493 e. The van der Waals surface area contributed by atoms with Gasteiger partial charge in [0, 0.05) is 33.2 Å². The van der Waals surface area contributed by atoms with Crippen LogP contribution in [0.15, 0.2) is 54.6 Å². The van der Waals surface area contributed by atoms with Gasteiger partial charge in [-0.15, -0.1) is 0 Å². The summed E-state index contributed by atoms with van der Waals surface area (Å²) >= 11 is 0. The zero-order valence-corrected chi connectivity index (χ0v) is 20.1. The highest BCUT2D eigenvalue weighted by atomic mass is 16.5. The lowest BCUT2D eigenvalue weighted by molar-refractivity contribution is 0.325. The molecule has 1 aromatic carbocycles. The van der Waals surface area contributed by atoms with Crippen LogP contribution in [0.25, 0.3) is 57.5 Å². The summed E-state index contributed by atoms with van der Waals surface area (Å²) in [5.41, 5.74) is 8.83. The van der Waals surface area contributed by atoms with Crippen molar-refractivity contribution in [2.75, 3.05) is 21.3 Å². The fraction of sp³-hybridized carbons (Fsp3) is 0.103. The molecule has 5 heterocycles. The van der Waals surface area contributed by atoms with Gasteiger partial charge < -0.3 is 24.2 Å². The molecule has 8 bridgehead atoms. The number of hydrogen-bond acceptors (Lipinski definition) is 5. The highest BCUT2D eigenvalue weighted by Crippen LogP contribution is 2.46. The number of aromatic amines is 2. The molecule has 0 atom stereocenters. The lowest BCUT2D eigenvalue weighted by atomic mass is 10.00. The molecule has 2 N–H and O–H groups in total. The van der Waals surface area contributed by atoms with Crippen LogP contribution in [0.1, 0.15) is 22.8 Å². The van der Waals surface area contributed by atoms with E-state index in [9.17, 15) is 0 Å². The number of H-pyrrole nitrogens is 2. The summed E-state index contributed by atoms with van der Waals surface area (Å²) < 4.78 is 17.0. The molecule has 0 saturated carbocycles. The van der Waals surface area contributed by atoms with E-state index in [-0.39, 0.29) is 0 Å². The predicted octanol–water partition coefficient (Wildman–Crippen LogP) is 6.35. The molecule has 7 nitrogen and oxygen atoms in total. The summed E-state index contributed by atoms with van der Waals surface area (Å²) in [6.07, 6.45) is 8.00. The van der Waals surface area contributed by atoms with E-state index in [4.69, 9.17) is 24.2 Å². The molecule has 0 fully saturated rings. The van der Waals surface area contributed by atoms with Gasteiger partial charge in [-0.25, -0.2) is 9.97 Å². The minimum Gasteiger partial charge on any atom is -0.493 e. The van der Waals surface area contributed by atoms with Crippen LogP contribution < -0.4 is 14.2 Å². The van der Waals surface area contributed by atoms with Crippen molar-refractivity contribution in [1.29, 1.82) is 0 Å². The van der Waals surface area contributed by atoms with Crippen LogP contribution >= 0.6 is 0 Å². The third kappa shape index (κ3) is 3.80. The Morgan fingerprint density at radius 1 is 0.556 bits per heavy atom. The number of methoxy groups -OCH3 is 3. The molecule has 0 radical (unpaired) electrons. The molecule has 4 aromatic rings. The van der Waals surface area contributed by atoms with Gasteiger partial charge in [0.25, 0.3) is 0 Å². The first-order valence-corrected chi connectivity index (χ1v) is 11.5. The van der Waals surface area contributed by atoms with Gasteiger partial charge in [-0.2, -0.15) is 0 Å². The standard InChI is InChI=1S/C29H24N4O3/c1-34-26-13-10-23(28(35-2)29(26)36-3)27-24-11-8-21(32-24)15-19-6-4-17(30-19)14-18-5-7-20(31-18)16-22-9-12-25(27)33-22/h4-16,30-31H,1-3H3. The van der Waals surface area contributed by atoms with E-state index in [0.29, 0.717) is 17.2 Å². The van der Waals surface area contributed by atoms with Crippen molar-refractivity contribution in [3.63, 3.8) is 0 Å². The van der Waals surface area contributed by atoms with Crippen LogP contribution in [0.3, 0.4) is 0 Å². The van der Waals surface area contributed by atoms with Gasteiger partial charge in [-0.3, -0.25) is 0 Å². The van der Waals surface area contributed by atoms with E-state index in [1.54, 1.807) is 21.3 Å². The van der Waals surface area contributed by atoms with Gasteiger partial charge in [-0.1, -0.05) is 0 Å². The molecule has 3 aromatic heterocycles. The number of ether oxygens (including phenoxy) is 3. The summed E-state index contributed by atoms with van der Waals surface area (Å²) in [5, 5.41) is 0. The maximum absolute atomic E-state index is 5.83. The van der Waals surface area contributed by atoms with Crippen LogP contribution in [0.5, 0.6) is 17.2 Å². The molecule has 0 unspecified atom stereocenters. The second-order valence-electron chi connectivity index (χ2n) is 8.44. The first-order valence-electron chi connectivity index (χ1n) is 11.5. The number of fused-ring (bicyclic) bond motifs is 8. The minimum atomic E-state index is 0.517. The Labute approximate surface area is 207 Å². The SMILES string of the molecule is COc1ccc(-c2c3nc(cc4ccc(cc5ccc(cc6nc2C=C6)[nH]5)[nH]4)C=C3)c(OC)c1OC. The fourth-order valence-electron chi connectivity index (χ4n) is 4.58. The van der Waals surface area contributed by atoms with Crippen LogP contribution in [-0.2, 0) is 0 Å². The lowest BCUT2D eigenvalue weighted by Gasteiger charge is -2.16. The van der Waals surface area contributed by atoms with Crippen molar-refractivity contribution < 1.29 is 14.2 Å². The number of hydrogen-bond donors (Lipinski definition) is 2. The van der Waals surface area contributed by atoms with E-state index in [0.717, 1.165) is 56.0 Å². The van der Waals surface area contributed by atoms with E-state index >= 15 is 0 Å². The Morgan fingerprint density at radius 2 is 1.08 bits per heavy atom. The third-order valence-corrected chi connectivity index (χ3v) is 6.19. The Hall–Kier alpha value is -4.78. The molecule has 0 spiro atoms. The summed E-state index contributed by atoms with van der Waals surface area (Å²) in [4.78, 5) is 16.7. The van der Waals surface area contributed by atoms with Gasteiger partial charge in [-0.05, 0) is 78.9 Å². The molecule has 2 aliphatic rings. The van der Waals surface area contributed by atoms with Crippen molar-refractivity contribution in [2.24, 2.45) is 0 Å². The highest BCUT2D eigenvalue weighted by molar-refractivity contribution is 5.92. The van der Waals surface area contributed by atoms with Gasteiger partial charge in [0.1, 0.15) is 0 Å². The summed E-state index contributed by atoms with van der Waals surface area (Å²) in [6, 6.07) is 18.1. The van der Waals surface area contributed by atoms with Crippen LogP contribution in [0.4, 0.5) is 0 Å². The molecule has 0 saturated heterocycles. The lowest BCUT2D eigenvalue weighted by Crippen LogP contribution is -1.98. The highest BCUT2D eigenvalue weighted by Gasteiger charge is 2.22. The van der Waals surface area contributed by atoms with Crippen molar-refractivity contribution in [3.8, 4) is 28.4 Å². The predicted molar refractivity (Wildman–Crippen MR) is 144 cm³/mol. The van der Waals surface area contributed by atoms with Crippen molar-refractivity contribution in [2.45, 2.75) is 0 Å². The number of rotatable bonds is 4. The van der Waals surface area contributed by atoms with E-state index in [1.807, 2.05) is 60.7 Å². The maximum atomic E-state index is 5.83. The fourth-order valence-corrected chi connectivity index (χ4v) is 4.58. The van der Waals surface area contributed by atoms with Crippen LogP contribution in [-0.4, -0.2) is 41.3 Å². The second-order valence-corrected chi connectivity index (χ2v) is 8.44. The molecular formula is C29H24N4O3. The first-order chi connectivity index (χ1) is 17.6. The first kappa shape index (κ1) is 21.7. The van der Waals surface area contributed by atoms with E-state index in [1.165, 1.54) is 0 Å². The van der Waals surface area contributed by atoms with Crippen molar-refractivity contribution >= 4 is 46.4 Å². The van der Waals surface area contributed by atoms with E-state index in [2.05, 4.69) is 28.2 Å². The Morgan fingerprint density at radius 3 is 1.58 bits per heavy atom. The van der Waals surface area contributed by atoms with Gasteiger partial charge in [0.05, 0.1) is 44.1 Å². The molecule has 178 valence electrons.